The summed E-state index contributed by atoms with van der Waals surface area (Å²) < 4.78 is 24.3. The molecule has 1 heterocycles. The minimum absolute atomic E-state index is 0.0168. The fourth-order valence-corrected chi connectivity index (χ4v) is 4.66. The molecule has 29 heavy (non-hydrogen) atoms. The molecule has 0 bridgehead atoms. The van der Waals surface area contributed by atoms with Crippen molar-refractivity contribution in [2.45, 2.75) is 25.9 Å². The van der Waals surface area contributed by atoms with E-state index in [9.17, 15) is 13.2 Å². The number of hydrogen-bond donors (Lipinski definition) is 3. The van der Waals surface area contributed by atoms with Crippen LogP contribution in [0.15, 0.2) is 71.9 Å². The molecule has 0 saturated heterocycles. The summed E-state index contributed by atoms with van der Waals surface area (Å²) in [5.41, 5.74) is 2.57. The number of rotatable bonds is 7. The number of hydrogen-bond acceptors (Lipinski definition) is 5. The van der Waals surface area contributed by atoms with E-state index >= 15 is 0 Å². The van der Waals surface area contributed by atoms with E-state index in [1.165, 1.54) is 0 Å². The van der Waals surface area contributed by atoms with E-state index in [0.29, 0.717) is 12.2 Å². The number of benzene rings is 2. The summed E-state index contributed by atoms with van der Waals surface area (Å²) in [6.45, 7) is 2.34. The zero-order valence-corrected chi connectivity index (χ0v) is 17.1. The standard InChI is InChI=1S/C22H25N3O3S/c1-16(18-10-6-3-7-11-18)25-22(26)21(23)19-15-29(27,28)13-12-20(19)24-14-17-8-4-2-5-9-17/h2-11,16,23-24H,12-15H2,1H3,(H,25,26)/t16-/m1/s1. The Bertz CT molecular complexity index is 1020. The van der Waals surface area contributed by atoms with Crippen molar-refractivity contribution in [3.05, 3.63) is 83.1 Å². The molecule has 0 fully saturated rings. The van der Waals surface area contributed by atoms with E-state index in [1.807, 2.05) is 67.6 Å². The van der Waals surface area contributed by atoms with Crippen LogP contribution in [0.2, 0.25) is 0 Å². The molecule has 2 aromatic carbocycles. The van der Waals surface area contributed by atoms with Gasteiger partial charge in [0, 0.05) is 24.2 Å². The van der Waals surface area contributed by atoms with Crippen LogP contribution in [0, 0.1) is 5.41 Å². The van der Waals surface area contributed by atoms with Gasteiger partial charge in [-0.1, -0.05) is 60.7 Å². The molecule has 6 nitrogen and oxygen atoms in total. The molecule has 7 heteroatoms. The molecular weight excluding hydrogens is 386 g/mol. The van der Waals surface area contributed by atoms with Crippen LogP contribution in [0.25, 0.3) is 0 Å². The Morgan fingerprint density at radius 1 is 1.07 bits per heavy atom. The molecule has 3 N–H and O–H groups in total. The van der Waals surface area contributed by atoms with Crippen molar-refractivity contribution in [2.24, 2.45) is 0 Å². The average Bonchev–Trinajstić information content (AvgIpc) is 2.73. The lowest BCUT2D eigenvalue weighted by molar-refractivity contribution is -0.115. The number of allylic oxidation sites excluding steroid dienone is 1. The molecule has 0 spiro atoms. The van der Waals surface area contributed by atoms with Gasteiger partial charge in [0.2, 0.25) is 0 Å². The summed E-state index contributed by atoms with van der Waals surface area (Å²) in [5.74, 6) is -0.855. The van der Waals surface area contributed by atoms with Crippen LogP contribution >= 0.6 is 0 Å². The Balaban J connectivity index is 1.77. The highest BCUT2D eigenvalue weighted by Crippen LogP contribution is 2.20. The molecule has 3 rings (SSSR count). The third-order valence-electron chi connectivity index (χ3n) is 4.92. The van der Waals surface area contributed by atoms with E-state index < -0.39 is 15.7 Å². The second-order valence-electron chi connectivity index (χ2n) is 7.12. The molecule has 0 unspecified atom stereocenters. The molecule has 0 saturated carbocycles. The van der Waals surface area contributed by atoms with Crippen molar-refractivity contribution in [2.75, 3.05) is 11.5 Å². The van der Waals surface area contributed by atoms with Gasteiger partial charge in [-0.05, 0) is 18.1 Å². The number of amides is 1. The summed E-state index contributed by atoms with van der Waals surface area (Å²) in [6.07, 6.45) is 0.272. The van der Waals surface area contributed by atoms with Crippen LogP contribution in [0.1, 0.15) is 30.5 Å². The summed E-state index contributed by atoms with van der Waals surface area (Å²) in [6, 6.07) is 18.9. The van der Waals surface area contributed by atoms with Gasteiger partial charge >= 0.3 is 0 Å². The Labute approximate surface area is 171 Å². The first kappa shape index (κ1) is 20.8. The van der Waals surface area contributed by atoms with Gasteiger partial charge in [0.05, 0.1) is 17.5 Å². The Hall–Kier alpha value is -2.93. The van der Waals surface area contributed by atoms with Crippen molar-refractivity contribution in [1.82, 2.24) is 10.6 Å². The van der Waals surface area contributed by atoms with Crippen molar-refractivity contribution < 1.29 is 13.2 Å². The van der Waals surface area contributed by atoms with Crippen LogP contribution in [-0.2, 0) is 21.2 Å². The van der Waals surface area contributed by atoms with E-state index in [0.717, 1.165) is 11.1 Å². The molecule has 1 amide bonds. The zero-order chi connectivity index (χ0) is 20.9. The third kappa shape index (κ3) is 5.54. The topological polar surface area (TPSA) is 99.1 Å². The number of carbonyl (C=O) groups excluding carboxylic acids is 1. The highest BCUT2D eigenvalue weighted by molar-refractivity contribution is 7.91. The highest BCUT2D eigenvalue weighted by Gasteiger charge is 2.29. The van der Waals surface area contributed by atoms with Crippen LogP contribution in [0.4, 0.5) is 0 Å². The highest BCUT2D eigenvalue weighted by atomic mass is 32.2. The van der Waals surface area contributed by atoms with Crippen molar-refractivity contribution in [3.63, 3.8) is 0 Å². The zero-order valence-electron chi connectivity index (χ0n) is 16.3. The lowest BCUT2D eigenvalue weighted by Crippen LogP contribution is -2.38. The first-order valence-corrected chi connectivity index (χ1v) is 11.3. The van der Waals surface area contributed by atoms with E-state index in [1.54, 1.807) is 0 Å². The molecule has 1 aliphatic rings. The van der Waals surface area contributed by atoms with Gasteiger partial charge < -0.3 is 10.6 Å². The molecule has 0 aliphatic carbocycles. The summed E-state index contributed by atoms with van der Waals surface area (Å²) in [4.78, 5) is 12.7. The molecule has 0 aromatic heterocycles. The predicted octanol–water partition coefficient (Wildman–Crippen LogP) is 2.75. The first-order valence-electron chi connectivity index (χ1n) is 9.51. The molecule has 1 atom stereocenters. The first-order chi connectivity index (χ1) is 13.9. The van der Waals surface area contributed by atoms with E-state index in [4.69, 9.17) is 5.41 Å². The second kappa shape index (κ2) is 9.05. The summed E-state index contributed by atoms with van der Waals surface area (Å²) in [7, 11) is -3.33. The fourth-order valence-electron chi connectivity index (χ4n) is 3.24. The summed E-state index contributed by atoms with van der Waals surface area (Å²) in [5, 5.41) is 14.4. The van der Waals surface area contributed by atoms with E-state index in [-0.39, 0.29) is 35.3 Å². The fraction of sp³-hybridized carbons (Fsp3) is 0.273. The van der Waals surface area contributed by atoms with Gasteiger partial charge in [-0.15, -0.1) is 0 Å². The van der Waals surface area contributed by atoms with Crippen LogP contribution in [0.5, 0.6) is 0 Å². The Morgan fingerprint density at radius 3 is 2.34 bits per heavy atom. The maximum Gasteiger partial charge on any atom is 0.270 e. The quantitative estimate of drug-likeness (QED) is 0.610. The SMILES string of the molecule is C[C@@H](NC(=O)C(=N)C1=C(NCc2ccccc2)CCS(=O)(=O)C1)c1ccccc1. The smallest absolute Gasteiger partial charge is 0.270 e. The maximum absolute atomic E-state index is 12.7. The lowest BCUT2D eigenvalue weighted by Gasteiger charge is -2.23. The molecule has 0 radical (unpaired) electrons. The van der Waals surface area contributed by atoms with Crippen LogP contribution < -0.4 is 10.6 Å². The van der Waals surface area contributed by atoms with Crippen LogP contribution in [-0.4, -0.2) is 31.5 Å². The number of sulfone groups is 1. The van der Waals surface area contributed by atoms with E-state index in [2.05, 4.69) is 10.6 Å². The molecular formula is C22H25N3O3S. The Kier molecular flexibility index (Phi) is 6.49. The second-order valence-corrected chi connectivity index (χ2v) is 9.30. The number of carbonyl (C=O) groups is 1. The van der Waals surface area contributed by atoms with Crippen molar-refractivity contribution >= 4 is 21.5 Å². The number of nitrogens with one attached hydrogen (secondary N) is 3. The third-order valence-corrected chi connectivity index (χ3v) is 6.47. The van der Waals surface area contributed by atoms with Crippen molar-refractivity contribution in [1.29, 1.82) is 5.41 Å². The maximum atomic E-state index is 12.7. The summed E-state index contributed by atoms with van der Waals surface area (Å²) >= 11 is 0. The van der Waals surface area contributed by atoms with Crippen molar-refractivity contribution in [3.8, 4) is 0 Å². The van der Waals surface area contributed by atoms with Gasteiger partial charge in [0.1, 0.15) is 5.71 Å². The normalized spacial score (nSPS) is 16.7. The average molecular weight is 412 g/mol. The molecule has 152 valence electrons. The minimum atomic E-state index is -3.33. The van der Waals surface area contributed by atoms with Gasteiger partial charge in [-0.25, -0.2) is 8.42 Å². The molecule has 2 aromatic rings. The van der Waals surface area contributed by atoms with Crippen LogP contribution in [0.3, 0.4) is 0 Å². The minimum Gasteiger partial charge on any atom is -0.384 e. The lowest BCUT2D eigenvalue weighted by atomic mass is 10.0. The van der Waals surface area contributed by atoms with Gasteiger partial charge in [0.15, 0.2) is 9.84 Å². The van der Waals surface area contributed by atoms with Gasteiger partial charge in [-0.2, -0.15) is 0 Å². The predicted molar refractivity (Wildman–Crippen MR) is 114 cm³/mol. The van der Waals surface area contributed by atoms with Gasteiger partial charge in [0.25, 0.3) is 5.91 Å². The van der Waals surface area contributed by atoms with Gasteiger partial charge in [-0.3, -0.25) is 10.2 Å². The largest absolute Gasteiger partial charge is 0.384 e. The molecule has 1 aliphatic heterocycles. The Morgan fingerprint density at radius 2 is 1.69 bits per heavy atom. The monoisotopic (exact) mass is 411 g/mol.